The number of nitrogen functional groups attached to an aromatic ring is 1. The van der Waals surface area contributed by atoms with Gasteiger partial charge in [0.1, 0.15) is 11.6 Å². The number of aromatic nitrogens is 2. The maximum absolute atomic E-state index is 13.7. The van der Waals surface area contributed by atoms with E-state index in [9.17, 15) is 4.39 Å². The number of nitrogens with zero attached hydrogens (tertiary/aromatic N) is 2. The van der Waals surface area contributed by atoms with E-state index < -0.39 is 0 Å². The minimum Gasteiger partial charge on any atom is -0.384 e. The van der Waals surface area contributed by atoms with Crippen LogP contribution < -0.4 is 5.73 Å². The molecule has 16 heavy (non-hydrogen) atoms. The van der Waals surface area contributed by atoms with E-state index in [1.54, 1.807) is 30.8 Å². The lowest BCUT2D eigenvalue weighted by Gasteiger charge is -2.04. The van der Waals surface area contributed by atoms with Crippen LogP contribution in [-0.4, -0.2) is 9.78 Å². The first kappa shape index (κ1) is 11.1. The van der Waals surface area contributed by atoms with Crippen LogP contribution in [-0.2, 0) is 7.05 Å². The molecule has 0 saturated heterocycles. The molecule has 2 aromatic rings. The Morgan fingerprint density at radius 1 is 1.44 bits per heavy atom. The zero-order valence-electron chi connectivity index (χ0n) is 8.96. The summed E-state index contributed by atoms with van der Waals surface area (Å²) in [7, 11) is 1.75. The van der Waals surface area contributed by atoms with Gasteiger partial charge in [0.15, 0.2) is 0 Å². The molecular weight excluding hydrogens is 273 g/mol. The first-order valence-electron chi connectivity index (χ1n) is 4.75. The van der Waals surface area contributed by atoms with E-state index in [2.05, 4.69) is 21.0 Å². The van der Waals surface area contributed by atoms with Gasteiger partial charge in [-0.1, -0.05) is 12.1 Å². The standard InChI is InChI=1S/C11H11BrFN3/c1-6-3-4-7(10(12)11(6)13)8-5-9(14)16(2)15-8/h3-5H,14H2,1-2H3. The summed E-state index contributed by atoms with van der Waals surface area (Å²) < 4.78 is 15.6. The molecule has 84 valence electrons. The largest absolute Gasteiger partial charge is 0.384 e. The molecule has 0 atom stereocenters. The van der Waals surface area contributed by atoms with Gasteiger partial charge in [-0.3, -0.25) is 4.68 Å². The van der Waals surface area contributed by atoms with E-state index in [0.29, 0.717) is 27.1 Å². The van der Waals surface area contributed by atoms with Gasteiger partial charge in [-0.2, -0.15) is 5.10 Å². The SMILES string of the molecule is Cc1ccc(-c2cc(N)n(C)n2)c(Br)c1F. The Bertz CT molecular complexity index is 529. The molecule has 0 bridgehead atoms. The predicted molar refractivity (Wildman–Crippen MR) is 65.5 cm³/mol. The molecule has 0 unspecified atom stereocenters. The quantitative estimate of drug-likeness (QED) is 0.875. The summed E-state index contributed by atoms with van der Waals surface area (Å²) in [6.45, 7) is 1.72. The van der Waals surface area contributed by atoms with Crippen molar-refractivity contribution in [2.45, 2.75) is 6.92 Å². The fourth-order valence-corrected chi connectivity index (χ4v) is 2.11. The lowest BCUT2D eigenvalue weighted by atomic mass is 10.1. The first-order chi connectivity index (χ1) is 7.50. The van der Waals surface area contributed by atoms with Crippen molar-refractivity contribution in [3.8, 4) is 11.3 Å². The van der Waals surface area contributed by atoms with Crippen LogP contribution in [0.5, 0.6) is 0 Å². The third-order valence-electron chi connectivity index (χ3n) is 2.47. The van der Waals surface area contributed by atoms with E-state index in [4.69, 9.17) is 5.73 Å². The van der Waals surface area contributed by atoms with E-state index in [0.717, 1.165) is 0 Å². The predicted octanol–water partition coefficient (Wildman–Crippen LogP) is 2.88. The number of hydrogen-bond acceptors (Lipinski definition) is 2. The van der Waals surface area contributed by atoms with Gasteiger partial charge in [0.2, 0.25) is 0 Å². The van der Waals surface area contributed by atoms with Crippen molar-refractivity contribution in [3.63, 3.8) is 0 Å². The van der Waals surface area contributed by atoms with Gasteiger partial charge in [-0.05, 0) is 28.4 Å². The third-order valence-corrected chi connectivity index (χ3v) is 3.24. The maximum atomic E-state index is 13.7. The smallest absolute Gasteiger partial charge is 0.140 e. The Morgan fingerprint density at radius 2 is 2.12 bits per heavy atom. The summed E-state index contributed by atoms with van der Waals surface area (Å²) in [6, 6.07) is 5.26. The van der Waals surface area contributed by atoms with Crippen molar-refractivity contribution in [1.82, 2.24) is 9.78 Å². The fraction of sp³-hybridized carbons (Fsp3) is 0.182. The minimum atomic E-state index is -0.262. The zero-order chi connectivity index (χ0) is 11.9. The van der Waals surface area contributed by atoms with Gasteiger partial charge in [-0.25, -0.2) is 4.39 Å². The van der Waals surface area contributed by atoms with Crippen molar-refractivity contribution in [2.24, 2.45) is 7.05 Å². The maximum Gasteiger partial charge on any atom is 0.140 e. The highest BCUT2D eigenvalue weighted by molar-refractivity contribution is 9.10. The number of nitrogens with two attached hydrogens (primary N) is 1. The monoisotopic (exact) mass is 283 g/mol. The number of aryl methyl sites for hydroxylation is 2. The normalized spacial score (nSPS) is 10.8. The fourth-order valence-electron chi connectivity index (χ4n) is 1.46. The molecule has 1 aromatic carbocycles. The van der Waals surface area contributed by atoms with Crippen LogP contribution in [0.1, 0.15) is 5.56 Å². The Morgan fingerprint density at radius 3 is 2.69 bits per heavy atom. The molecule has 0 aliphatic carbocycles. The van der Waals surface area contributed by atoms with E-state index >= 15 is 0 Å². The van der Waals surface area contributed by atoms with Gasteiger partial charge >= 0.3 is 0 Å². The molecule has 1 heterocycles. The topological polar surface area (TPSA) is 43.8 Å². The summed E-state index contributed by atoms with van der Waals surface area (Å²) >= 11 is 3.24. The van der Waals surface area contributed by atoms with Crippen molar-refractivity contribution < 1.29 is 4.39 Å². The highest BCUT2D eigenvalue weighted by Crippen LogP contribution is 2.31. The molecule has 5 heteroatoms. The van der Waals surface area contributed by atoms with Crippen molar-refractivity contribution in [1.29, 1.82) is 0 Å². The minimum absolute atomic E-state index is 0.262. The highest BCUT2D eigenvalue weighted by Gasteiger charge is 2.13. The average Bonchev–Trinajstić information content (AvgIpc) is 2.56. The zero-order valence-corrected chi connectivity index (χ0v) is 10.5. The van der Waals surface area contributed by atoms with Crippen LogP contribution in [0.15, 0.2) is 22.7 Å². The molecule has 0 aliphatic rings. The van der Waals surface area contributed by atoms with Crippen LogP contribution in [0.3, 0.4) is 0 Å². The van der Waals surface area contributed by atoms with E-state index in [1.807, 2.05) is 6.07 Å². The molecule has 0 fully saturated rings. The van der Waals surface area contributed by atoms with Gasteiger partial charge in [0.25, 0.3) is 0 Å². The van der Waals surface area contributed by atoms with Crippen LogP contribution >= 0.6 is 15.9 Å². The summed E-state index contributed by atoms with van der Waals surface area (Å²) in [5.41, 5.74) is 7.65. The molecular formula is C11H11BrFN3. The lowest BCUT2D eigenvalue weighted by molar-refractivity contribution is 0.612. The highest BCUT2D eigenvalue weighted by atomic mass is 79.9. The molecule has 0 spiro atoms. The van der Waals surface area contributed by atoms with Gasteiger partial charge in [0, 0.05) is 18.7 Å². The second-order valence-corrected chi connectivity index (χ2v) is 4.43. The first-order valence-corrected chi connectivity index (χ1v) is 5.54. The van der Waals surface area contributed by atoms with E-state index in [1.165, 1.54) is 0 Å². The van der Waals surface area contributed by atoms with Crippen LogP contribution in [0.25, 0.3) is 11.3 Å². The number of anilines is 1. The average molecular weight is 284 g/mol. The van der Waals surface area contributed by atoms with Crippen molar-refractivity contribution in [2.75, 3.05) is 5.73 Å². The second kappa shape index (κ2) is 3.90. The molecule has 2 N–H and O–H groups in total. The Hall–Kier alpha value is -1.36. The Balaban J connectivity index is 2.61. The number of benzene rings is 1. The Labute approximate surface area is 101 Å². The van der Waals surface area contributed by atoms with Gasteiger partial charge in [0.05, 0.1) is 10.2 Å². The summed E-state index contributed by atoms with van der Waals surface area (Å²) in [5.74, 6) is 0.282. The molecule has 3 nitrogen and oxygen atoms in total. The second-order valence-electron chi connectivity index (χ2n) is 3.64. The number of rotatable bonds is 1. The van der Waals surface area contributed by atoms with Crippen LogP contribution in [0.4, 0.5) is 10.2 Å². The molecule has 1 aromatic heterocycles. The number of hydrogen-bond donors (Lipinski definition) is 1. The molecule has 0 saturated carbocycles. The molecule has 2 rings (SSSR count). The number of halogens is 2. The summed E-state index contributed by atoms with van der Waals surface area (Å²) in [6.07, 6.45) is 0. The summed E-state index contributed by atoms with van der Waals surface area (Å²) in [5, 5.41) is 4.21. The van der Waals surface area contributed by atoms with Crippen molar-refractivity contribution >= 4 is 21.7 Å². The summed E-state index contributed by atoms with van der Waals surface area (Å²) in [4.78, 5) is 0. The van der Waals surface area contributed by atoms with Crippen LogP contribution in [0, 0.1) is 12.7 Å². The van der Waals surface area contributed by atoms with E-state index in [-0.39, 0.29) is 5.82 Å². The van der Waals surface area contributed by atoms with Crippen molar-refractivity contribution in [3.05, 3.63) is 34.1 Å². The Kier molecular flexibility index (Phi) is 2.71. The third kappa shape index (κ3) is 1.71. The molecule has 0 radical (unpaired) electrons. The van der Waals surface area contributed by atoms with Gasteiger partial charge in [-0.15, -0.1) is 0 Å². The van der Waals surface area contributed by atoms with Crippen LogP contribution in [0.2, 0.25) is 0 Å². The molecule has 0 aliphatic heterocycles. The van der Waals surface area contributed by atoms with Gasteiger partial charge < -0.3 is 5.73 Å². The lowest BCUT2D eigenvalue weighted by Crippen LogP contribution is -1.96. The molecule has 0 amide bonds.